The number of aliphatic carboxylic acids is 1. The lowest BCUT2D eigenvalue weighted by Gasteiger charge is -2.14. The van der Waals surface area contributed by atoms with E-state index in [1.165, 1.54) is 4.88 Å². The Hall–Kier alpha value is -2.12. The van der Waals surface area contributed by atoms with Gasteiger partial charge in [0.1, 0.15) is 10.1 Å². The average molecular weight is 372 g/mol. The molecule has 1 aromatic carbocycles. The highest BCUT2D eigenvalue weighted by atomic mass is 32.2. The van der Waals surface area contributed by atoms with E-state index >= 15 is 0 Å². The van der Waals surface area contributed by atoms with Crippen LogP contribution in [0.4, 0.5) is 0 Å². The van der Waals surface area contributed by atoms with Crippen molar-refractivity contribution in [3.8, 4) is 5.69 Å². The van der Waals surface area contributed by atoms with Gasteiger partial charge in [-0.3, -0.25) is 14.2 Å². The molecule has 0 radical (unpaired) electrons. The Morgan fingerprint density at radius 2 is 2.08 bits per heavy atom. The van der Waals surface area contributed by atoms with E-state index in [1.54, 1.807) is 22.8 Å². The van der Waals surface area contributed by atoms with E-state index in [1.807, 2.05) is 30.3 Å². The van der Waals surface area contributed by atoms with Crippen LogP contribution in [-0.2, 0) is 17.6 Å². The molecule has 1 N–H and O–H groups in total. The average Bonchev–Trinajstić information content (AvgIpc) is 3.16. The molecular formula is C18H16N2O3S2. The summed E-state index contributed by atoms with van der Waals surface area (Å²) in [6, 6.07) is 9.29. The number of hydrogen-bond acceptors (Lipinski definition) is 5. The highest BCUT2D eigenvalue weighted by molar-refractivity contribution is 8.00. The third kappa shape index (κ3) is 2.77. The number of benzene rings is 1. The van der Waals surface area contributed by atoms with Crippen molar-refractivity contribution in [3.63, 3.8) is 0 Å². The van der Waals surface area contributed by atoms with Crippen molar-refractivity contribution in [2.45, 2.75) is 36.6 Å². The highest BCUT2D eigenvalue weighted by Gasteiger charge is 2.25. The standard InChI is InChI=1S/C18H16N2O3S2/c1-10(17(22)23)24-18-19-15-14(12-8-5-9-13(12)25-15)16(21)20(18)11-6-3-2-4-7-11/h2-4,6-7,10H,5,8-9H2,1H3,(H,22,23)/t10-/m1/s1. The van der Waals surface area contributed by atoms with Crippen molar-refractivity contribution in [2.24, 2.45) is 0 Å². The van der Waals surface area contributed by atoms with E-state index in [9.17, 15) is 14.7 Å². The number of rotatable bonds is 4. The summed E-state index contributed by atoms with van der Waals surface area (Å²) in [5.74, 6) is -0.923. The maximum absolute atomic E-state index is 13.3. The minimum atomic E-state index is -0.923. The molecule has 7 heteroatoms. The first kappa shape index (κ1) is 16.4. The van der Waals surface area contributed by atoms with Crippen molar-refractivity contribution >= 4 is 39.3 Å². The number of nitrogens with zero attached hydrogens (tertiary/aromatic N) is 2. The number of fused-ring (bicyclic) bond motifs is 3. The molecule has 128 valence electrons. The molecule has 3 aromatic rings. The summed E-state index contributed by atoms with van der Waals surface area (Å²) >= 11 is 2.67. The predicted octanol–water partition coefficient (Wildman–Crippen LogP) is 3.50. The molecule has 2 aromatic heterocycles. The zero-order valence-corrected chi connectivity index (χ0v) is 15.2. The van der Waals surface area contributed by atoms with E-state index in [-0.39, 0.29) is 5.56 Å². The number of carboxylic acids is 1. The van der Waals surface area contributed by atoms with E-state index in [2.05, 4.69) is 4.98 Å². The fourth-order valence-electron chi connectivity index (χ4n) is 3.12. The molecule has 2 heterocycles. The van der Waals surface area contributed by atoms with Crippen molar-refractivity contribution in [1.82, 2.24) is 9.55 Å². The number of carbonyl (C=O) groups is 1. The Bertz CT molecular complexity index is 1020. The Labute approximate surface area is 152 Å². The van der Waals surface area contributed by atoms with Gasteiger partial charge in [-0.15, -0.1) is 11.3 Å². The van der Waals surface area contributed by atoms with Crippen molar-refractivity contribution in [2.75, 3.05) is 0 Å². The summed E-state index contributed by atoms with van der Waals surface area (Å²) < 4.78 is 1.55. The second-order valence-electron chi connectivity index (χ2n) is 6.01. The van der Waals surface area contributed by atoms with Crippen LogP contribution >= 0.6 is 23.1 Å². The number of aryl methyl sites for hydroxylation is 2. The second kappa shape index (κ2) is 6.31. The Balaban J connectivity index is 1.99. The van der Waals surface area contributed by atoms with Gasteiger partial charge in [-0.05, 0) is 43.9 Å². The molecule has 0 aliphatic heterocycles. The van der Waals surface area contributed by atoms with Crippen LogP contribution in [0.3, 0.4) is 0 Å². The first-order valence-electron chi connectivity index (χ1n) is 8.08. The monoisotopic (exact) mass is 372 g/mol. The molecule has 0 spiro atoms. The lowest BCUT2D eigenvalue weighted by Crippen LogP contribution is -2.23. The van der Waals surface area contributed by atoms with E-state index < -0.39 is 11.2 Å². The van der Waals surface area contributed by atoms with Crippen LogP contribution in [0.15, 0.2) is 40.3 Å². The van der Waals surface area contributed by atoms with Gasteiger partial charge in [0.2, 0.25) is 0 Å². The smallest absolute Gasteiger partial charge is 0.316 e. The van der Waals surface area contributed by atoms with Crippen LogP contribution in [0, 0.1) is 0 Å². The molecule has 25 heavy (non-hydrogen) atoms. The van der Waals surface area contributed by atoms with Crippen molar-refractivity contribution in [1.29, 1.82) is 0 Å². The van der Waals surface area contributed by atoms with Gasteiger partial charge in [-0.25, -0.2) is 4.98 Å². The highest BCUT2D eigenvalue weighted by Crippen LogP contribution is 2.36. The maximum Gasteiger partial charge on any atom is 0.316 e. The Morgan fingerprint density at radius 1 is 1.32 bits per heavy atom. The predicted molar refractivity (Wildman–Crippen MR) is 100 cm³/mol. The zero-order valence-electron chi connectivity index (χ0n) is 13.6. The van der Waals surface area contributed by atoms with Gasteiger partial charge in [-0.2, -0.15) is 0 Å². The number of para-hydroxylation sites is 1. The fraction of sp³-hybridized carbons (Fsp3) is 0.278. The number of hydrogen-bond donors (Lipinski definition) is 1. The van der Waals surface area contributed by atoms with Gasteiger partial charge in [0.15, 0.2) is 5.16 Å². The Kier molecular flexibility index (Phi) is 4.13. The minimum Gasteiger partial charge on any atom is -0.480 e. The summed E-state index contributed by atoms with van der Waals surface area (Å²) in [6.45, 7) is 1.60. The summed E-state index contributed by atoms with van der Waals surface area (Å²) in [4.78, 5) is 31.2. The SMILES string of the molecule is C[C@@H](Sc1nc2sc3c(c2c(=O)n1-c1ccccc1)CCC3)C(=O)O. The van der Waals surface area contributed by atoms with Gasteiger partial charge in [-0.1, -0.05) is 30.0 Å². The number of aromatic nitrogens is 2. The van der Waals surface area contributed by atoms with Gasteiger partial charge in [0, 0.05) is 4.88 Å². The van der Waals surface area contributed by atoms with E-state index in [0.29, 0.717) is 16.2 Å². The minimum absolute atomic E-state index is 0.101. The third-order valence-electron chi connectivity index (χ3n) is 4.35. The van der Waals surface area contributed by atoms with Crippen LogP contribution in [0.2, 0.25) is 0 Å². The zero-order chi connectivity index (χ0) is 17.6. The van der Waals surface area contributed by atoms with Crippen LogP contribution in [-0.4, -0.2) is 25.9 Å². The lowest BCUT2D eigenvalue weighted by molar-refractivity contribution is -0.136. The molecule has 0 fully saturated rings. The first-order chi connectivity index (χ1) is 12.1. The van der Waals surface area contributed by atoms with Crippen LogP contribution < -0.4 is 5.56 Å². The van der Waals surface area contributed by atoms with Crippen LogP contribution in [0.5, 0.6) is 0 Å². The number of carboxylic acid groups (broad SMARTS) is 1. The molecule has 1 aliphatic rings. The molecule has 0 amide bonds. The third-order valence-corrected chi connectivity index (χ3v) is 6.58. The number of thioether (sulfide) groups is 1. The van der Waals surface area contributed by atoms with Gasteiger partial charge < -0.3 is 5.11 Å². The summed E-state index contributed by atoms with van der Waals surface area (Å²) in [6.07, 6.45) is 2.99. The van der Waals surface area contributed by atoms with Gasteiger partial charge >= 0.3 is 5.97 Å². The van der Waals surface area contributed by atoms with E-state index in [4.69, 9.17) is 0 Å². The van der Waals surface area contributed by atoms with Crippen LogP contribution in [0.1, 0.15) is 23.8 Å². The maximum atomic E-state index is 13.3. The largest absolute Gasteiger partial charge is 0.480 e. The summed E-state index contributed by atoms with van der Waals surface area (Å²) in [7, 11) is 0. The van der Waals surface area contributed by atoms with Crippen LogP contribution in [0.25, 0.3) is 15.9 Å². The Morgan fingerprint density at radius 3 is 2.80 bits per heavy atom. The summed E-state index contributed by atoms with van der Waals surface area (Å²) in [5, 5.41) is 9.69. The topological polar surface area (TPSA) is 72.2 Å². The fourth-order valence-corrected chi connectivity index (χ4v) is 5.28. The molecule has 0 saturated carbocycles. The molecule has 4 rings (SSSR count). The van der Waals surface area contributed by atoms with Crippen molar-refractivity contribution in [3.05, 3.63) is 51.1 Å². The van der Waals surface area contributed by atoms with E-state index in [0.717, 1.165) is 41.4 Å². The quantitative estimate of drug-likeness (QED) is 0.561. The lowest BCUT2D eigenvalue weighted by atomic mass is 10.2. The molecular weight excluding hydrogens is 356 g/mol. The molecule has 1 aliphatic carbocycles. The van der Waals surface area contributed by atoms with Crippen molar-refractivity contribution < 1.29 is 9.90 Å². The second-order valence-corrected chi connectivity index (χ2v) is 8.40. The molecule has 0 saturated heterocycles. The molecule has 0 bridgehead atoms. The summed E-state index contributed by atoms with van der Waals surface area (Å²) in [5.41, 5.74) is 1.74. The molecule has 0 unspecified atom stereocenters. The van der Waals surface area contributed by atoms with Gasteiger partial charge in [0.05, 0.1) is 11.1 Å². The molecule has 1 atom stereocenters. The molecule has 5 nitrogen and oxygen atoms in total. The number of thiophene rings is 1. The first-order valence-corrected chi connectivity index (χ1v) is 9.78. The van der Waals surface area contributed by atoms with Gasteiger partial charge in [0.25, 0.3) is 5.56 Å². The normalized spacial score (nSPS) is 14.6.